The fourth-order valence-electron chi connectivity index (χ4n) is 0.207. The van der Waals surface area contributed by atoms with Gasteiger partial charge in [0.1, 0.15) is 0 Å². The number of rotatable bonds is 3. The fourth-order valence-corrected chi connectivity index (χ4v) is 0.333. The van der Waals surface area contributed by atoms with Crippen molar-refractivity contribution in [3.63, 3.8) is 0 Å². The third kappa shape index (κ3) is 3.76. The summed E-state index contributed by atoms with van der Waals surface area (Å²) in [7, 11) is 0. The van der Waals surface area contributed by atoms with Crippen LogP contribution < -0.4 is 0 Å². The van der Waals surface area contributed by atoms with Crippen molar-refractivity contribution in [1.82, 2.24) is 0 Å². The summed E-state index contributed by atoms with van der Waals surface area (Å²) in [6.07, 6.45) is 1.05. The predicted molar refractivity (Wildman–Crippen MR) is 30.1 cm³/mol. The van der Waals surface area contributed by atoms with Gasteiger partial charge < -0.3 is 10.1 Å². The number of nitrogens with one attached hydrogen (secondary N) is 1. The van der Waals surface area contributed by atoms with Crippen molar-refractivity contribution < 1.29 is 4.74 Å². The first kappa shape index (κ1) is 6.92. The lowest BCUT2D eigenvalue weighted by molar-refractivity contribution is 0.163. The van der Waals surface area contributed by atoms with Crippen molar-refractivity contribution in [2.45, 2.75) is 12.5 Å². The van der Waals surface area contributed by atoms with Gasteiger partial charge in [-0.3, -0.25) is 0 Å². The van der Waals surface area contributed by atoms with E-state index in [2.05, 4.69) is 0 Å². The largest absolute Gasteiger partial charge is 0.358 e. The minimum Gasteiger partial charge on any atom is -0.358 e. The minimum atomic E-state index is -0.537. The van der Waals surface area contributed by atoms with Crippen LogP contribution in [0.2, 0.25) is 0 Å². The molecule has 0 bridgehead atoms. The van der Waals surface area contributed by atoms with Gasteiger partial charge in [0.05, 0.1) is 0 Å². The molecule has 3 heteroatoms. The predicted octanol–water partition coefficient (Wildman–Crippen LogP) is 1.24. The average Bonchev–Trinajstić information content (AvgIpc) is 1.68. The van der Waals surface area contributed by atoms with Gasteiger partial charge in [0.25, 0.3) is 0 Å². The Morgan fingerprint density at radius 1 is 2.00 bits per heavy atom. The van der Waals surface area contributed by atoms with Crippen LogP contribution in [-0.4, -0.2) is 18.4 Å². The quantitative estimate of drug-likeness (QED) is 0.442. The zero-order chi connectivity index (χ0) is 5.70. The van der Waals surface area contributed by atoms with Gasteiger partial charge in [0.15, 0.2) is 5.56 Å². The highest BCUT2D eigenvalue weighted by molar-refractivity contribution is 6.26. The Balaban J connectivity index is 2.98. The van der Waals surface area contributed by atoms with Crippen LogP contribution >= 0.6 is 11.6 Å². The Kier molecular flexibility index (Phi) is 4.04. The summed E-state index contributed by atoms with van der Waals surface area (Å²) in [4.78, 5) is 0. The van der Waals surface area contributed by atoms with E-state index in [4.69, 9.17) is 21.7 Å². The Labute approximate surface area is 47.9 Å². The second-order valence-corrected chi connectivity index (χ2v) is 1.40. The van der Waals surface area contributed by atoms with Gasteiger partial charge >= 0.3 is 0 Å². The van der Waals surface area contributed by atoms with E-state index in [0.29, 0.717) is 6.61 Å². The first-order valence-corrected chi connectivity index (χ1v) is 2.51. The number of hydrogen-bond acceptors (Lipinski definition) is 2. The highest BCUT2D eigenvalue weighted by atomic mass is 35.5. The van der Waals surface area contributed by atoms with Gasteiger partial charge in [-0.05, 0) is 6.92 Å². The third-order valence-corrected chi connectivity index (χ3v) is 0.709. The molecule has 0 aromatic rings. The summed E-state index contributed by atoms with van der Waals surface area (Å²) in [6, 6.07) is 0. The highest BCUT2D eigenvalue weighted by Crippen LogP contribution is 1.90. The smallest absolute Gasteiger partial charge is 0.165 e. The maximum atomic E-state index is 6.53. The average molecular weight is 122 g/mol. The van der Waals surface area contributed by atoms with Crippen molar-refractivity contribution in [2.24, 2.45) is 0 Å². The first-order chi connectivity index (χ1) is 3.31. The van der Waals surface area contributed by atoms with Crippen LogP contribution in [0.5, 0.6) is 0 Å². The topological polar surface area (TPSA) is 33.1 Å². The first-order valence-electron chi connectivity index (χ1n) is 2.07. The van der Waals surface area contributed by atoms with E-state index in [1.165, 1.54) is 0 Å². The van der Waals surface area contributed by atoms with E-state index in [0.717, 1.165) is 6.21 Å². The Morgan fingerprint density at radius 3 is 2.71 bits per heavy atom. The van der Waals surface area contributed by atoms with Gasteiger partial charge in [-0.1, -0.05) is 11.6 Å². The second kappa shape index (κ2) is 4.09. The van der Waals surface area contributed by atoms with E-state index in [-0.39, 0.29) is 0 Å². The molecule has 0 amide bonds. The molecular formula is C4H8ClNO. The molecule has 0 aliphatic carbocycles. The highest BCUT2D eigenvalue weighted by Gasteiger charge is 1.92. The number of ether oxygens (including phenoxy) is 1. The summed E-state index contributed by atoms with van der Waals surface area (Å²) < 4.78 is 4.71. The molecular weight excluding hydrogens is 114 g/mol. The maximum Gasteiger partial charge on any atom is 0.165 e. The molecule has 1 unspecified atom stereocenters. The van der Waals surface area contributed by atoms with Crippen LogP contribution in [0, 0.1) is 5.41 Å². The van der Waals surface area contributed by atoms with Crippen LogP contribution in [0.1, 0.15) is 6.92 Å². The molecule has 2 nitrogen and oxygen atoms in total. The van der Waals surface area contributed by atoms with E-state index < -0.39 is 5.56 Å². The van der Waals surface area contributed by atoms with Crippen LogP contribution in [0.3, 0.4) is 0 Å². The van der Waals surface area contributed by atoms with Crippen LogP contribution in [0.4, 0.5) is 0 Å². The molecule has 0 saturated heterocycles. The molecule has 42 valence electrons. The van der Waals surface area contributed by atoms with Crippen molar-refractivity contribution in [1.29, 1.82) is 5.41 Å². The molecule has 0 spiro atoms. The second-order valence-electron chi connectivity index (χ2n) is 0.973. The van der Waals surface area contributed by atoms with Crippen molar-refractivity contribution in [3.8, 4) is 0 Å². The Hall–Kier alpha value is -0.0800. The lowest BCUT2D eigenvalue weighted by Gasteiger charge is -1.98. The molecule has 1 atom stereocenters. The monoisotopic (exact) mass is 121 g/mol. The zero-order valence-electron chi connectivity index (χ0n) is 4.15. The molecule has 0 aromatic heterocycles. The van der Waals surface area contributed by atoms with Crippen molar-refractivity contribution in [3.05, 3.63) is 0 Å². The zero-order valence-corrected chi connectivity index (χ0v) is 4.90. The number of alkyl halides is 1. The molecule has 0 radical (unpaired) electrons. The molecule has 0 aliphatic heterocycles. The normalized spacial score (nSPS) is 13.4. The van der Waals surface area contributed by atoms with E-state index in [1.54, 1.807) is 0 Å². The molecule has 0 aliphatic rings. The SMILES string of the molecule is CCOC(Cl)C=N. The van der Waals surface area contributed by atoms with E-state index >= 15 is 0 Å². The van der Waals surface area contributed by atoms with E-state index in [1.807, 2.05) is 6.92 Å². The molecule has 1 N–H and O–H groups in total. The van der Waals surface area contributed by atoms with Crippen LogP contribution in [-0.2, 0) is 4.74 Å². The fraction of sp³-hybridized carbons (Fsp3) is 0.750. The molecule has 7 heavy (non-hydrogen) atoms. The van der Waals surface area contributed by atoms with Gasteiger partial charge in [-0.25, -0.2) is 0 Å². The summed E-state index contributed by atoms with van der Waals surface area (Å²) >= 11 is 5.30. The van der Waals surface area contributed by atoms with Crippen LogP contribution in [0.15, 0.2) is 0 Å². The maximum absolute atomic E-state index is 6.53. The molecule has 0 heterocycles. The Bertz CT molecular complexity index is 57.7. The Morgan fingerprint density at radius 2 is 2.57 bits per heavy atom. The number of halogens is 1. The molecule has 0 fully saturated rings. The minimum absolute atomic E-state index is 0.537. The van der Waals surface area contributed by atoms with Gasteiger partial charge in [-0.2, -0.15) is 0 Å². The molecule has 0 aromatic carbocycles. The molecule has 0 rings (SSSR count). The standard InChI is InChI=1S/C4H8ClNO/c1-2-7-4(5)3-6/h3-4,6H,2H2,1H3. The van der Waals surface area contributed by atoms with Gasteiger partial charge in [0, 0.05) is 12.8 Å². The number of hydrogen-bond donors (Lipinski definition) is 1. The molecule has 0 saturated carbocycles. The summed E-state index contributed by atoms with van der Waals surface area (Å²) in [5.74, 6) is 0. The van der Waals surface area contributed by atoms with Gasteiger partial charge in [0.2, 0.25) is 0 Å². The lowest BCUT2D eigenvalue weighted by Crippen LogP contribution is -2.03. The lowest BCUT2D eigenvalue weighted by atomic mass is 10.7. The summed E-state index contributed by atoms with van der Waals surface area (Å²) in [6.45, 7) is 2.39. The van der Waals surface area contributed by atoms with E-state index in [9.17, 15) is 0 Å². The van der Waals surface area contributed by atoms with Gasteiger partial charge in [-0.15, -0.1) is 0 Å². The summed E-state index contributed by atoms with van der Waals surface area (Å²) in [5, 5.41) is 6.53. The third-order valence-electron chi connectivity index (χ3n) is 0.457. The summed E-state index contributed by atoms with van der Waals surface area (Å²) in [5.41, 5.74) is -0.537. The van der Waals surface area contributed by atoms with Crippen molar-refractivity contribution >= 4 is 17.8 Å². The van der Waals surface area contributed by atoms with Crippen LogP contribution in [0.25, 0.3) is 0 Å². The van der Waals surface area contributed by atoms with Crippen molar-refractivity contribution in [2.75, 3.05) is 6.61 Å².